The molecule has 0 fully saturated rings. The average molecular weight is 199 g/mol. The Bertz CT molecular complexity index is 127. The summed E-state index contributed by atoms with van der Waals surface area (Å²) in [7, 11) is 0. The molecule has 0 bridgehead atoms. The lowest BCUT2D eigenvalue weighted by Gasteiger charge is -2.28. The van der Waals surface area contributed by atoms with Crippen LogP contribution in [0.4, 0.5) is 0 Å². The van der Waals surface area contributed by atoms with Crippen molar-refractivity contribution in [1.82, 2.24) is 4.90 Å². The SMILES string of the molecule is CC(C)CCCN(CC(C)C)C(C)C. The third kappa shape index (κ3) is 7.37. The van der Waals surface area contributed by atoms with E-state index >= 15 is 0 Å². The molecular formula is C13H29N. The molecule has 0 atom stereocenters. The Kier molecular flexibility index (Phi) is 7.26. The average Bonchev–Trinajstić information content (AvgIpc) is 2.00. The molecule has 0 saturated carbocycles. The first kappa shape index (κ1) is 14.0. The monoisotopic (exact) mass is 199 g/mol. The van der Waals surface area contributed by atoms with Crippen LogP contribution in [0.1, 0.15) is 54.4 Å². The van der Waals surface area contributed by atoms with Crippen LogP contribution in [0.15, 0.2) is 0 Å². The molecule has 0 spiro atoms. The van der Waals surface area contributed by atoms with E-state index in [2.05, 4.69) is 46.4 Å². The fraction of sp³-hybridized carbons (Fsp3) is 1.00. The first-order chi connectivity index (χ1) is 6.43. The van der Waals surface area contributed by atoms with Crippen molar-refractivity contribution in [3.05, 3.63) is 0 Å². The third-order valence-electron chi connectivity index (χ3n) is 2.56. The Labute approximate surface area is 90.9 Å². The van der Waals surface area contributed by atoms with Crippen molar-refractivity contribution in [3.63, 3.8) is 0 Å². The first-order valence-corrected chi connectivity index (χ1v) is 6.17. The molecule has 0 radical (unpaired) electrons. The summed E-state index contributed by atoms with van der Waals surface area (Å²) in [5.41, 5.74) is 0. The molecule has 0 aliphatic carbocycles. The van der Waals surface area contributed by atoms with E-state index in [1.165, 1.54) is 25.9 Å². The number of rotatable bonds is 7. The summed E-state index contributed by atoms with van der Waals surface area (Å²) in [6, 6.07) is 0.699. The van der Waals surface area contributed by atoms with Gasteiger partial charge in [-0.15, -0.1) is 0 Å². The molecule has 0 N–H and O–H groups in total. The normalized spacial score (nSPS) is 12.4. The zero-order valence-electron chi connectivity index (χ0n) is 11.0. The molecule has 1 nitrogen and oxygen atoms in total. The van der Waals surface area contributed by atoms with Gasteiger partial charge in [0.1, 0.15) is 0 Å². The molecule has 1 heteroatoms. The van der Waals surface area contributed by atoms with Gasteiger partial charge >= 0.3 is 0 Å². The fourth-order valence-electron chi connectivity index (χ4n) is 1.73. The van der Waals surface area contributed by atoms with Crippen LogP contribution in [0.25, 0.3) is 0 Å². The van der Waals surface area contributed by atoms with Crippen LogP contribution in [-0.4, -0.2) is 24.0 Å². The molecule has 0 saturated heterocycles. The van der Waals surface area contributed by atoms with Crippen molar-refractivity contribution in [2.24, 2.45) is 11.8 Å². The second-order valence-corrected chi connectivity index (χ2v) is 5.52. The standard InChI is InChI=1S/C13H29N/c1-11(2)8-7-9-14(13(5)6)10-12(3)4/h11-13H,7-10H2,1-6H3. The van der Waals surface area contributed by atoms with Gasteiger partial charge in [0.2, 0.25) is 0 Å². The molecule has 14 heavy (non-hydrogen) atoms. The van der Waals surface area contributed by atoms with Gasteiger partial charge in [0.05, 0.1) is 0 Å². The van der Waals surface area contributed by atoms with Gasteiger partial charge in [-0.1, -0.05) is 27.7 Å². The molecule has 0 rings (SSSR count). The summed E-state index contributed by atoms with van der Waals surface area (Å²) in [5, 5.41) is 0. The van der Waals surface area contributed by atoms with Gasteiger partial charge < -0.3 is 4.90 Å². The minimum atomic E-state index is 0.699. The van der Waals surface area contributed by atoms with Crippen molar-refractivity contribution < 1.29 is 0 Å². The van der Waals surface area contributed by atoms with Crippen LogP contribution in [0.2, 0.25) is 0 Å². The number of hydrogen-bond acceptors (Lipinski definition) is 1. The Morgan fingerprint density at radius 2 is 1.43 bits per heavy atom. The number of nitrogens with zero attached hydrogens (tertiary/aromatic N) is 1. The highest BCUT2D eigenvalue weighted by atomic mass is 15.1. The third-order valence-corrected chi connectivity index (χ3v) is 2.56. The van der Waals surface area contributed by atoms with Gasteiger partial charge in [0, 0.05) is 12.6 Å². The zero-order chi connectivity index (χ0) is 11.1. The summed E-state index contributed by atoms with van der Waals surface area (Å²) in [5.74, 6) is 1.64. The van der Waals surface area contributed by atoms with Crippen molar-refractivity contribution in [1.29, 1.82) is 0 Å². The second-order valence-electron chi connectivity index (χ2n) is 5.52. The van der Waals surface area contributed by atoms with Crippen LogP contribution in [0, 0.1) is 11.8 Å². The van der Waals surface area contributed by atoms with E-state index in [0.29, 0.717) is 6.04 Å². The molecule has 0 heterocycles. The predicted molar refractivity (Wildman–Crippen MR) is 65.6 cm³/mol. The molecular weight excluding hydrogens is 170 g/mol. The summed E-state index contributed by atoms with van der Waals surface area (Å²) < 4.78 is 0. The second kappa shape index (κ2) is 7.28. The largest absolute Gasteiger partial charge is 0.301 e. The van der Waals surface area contributed by atoms with E-state index in [4.69, 9.17) is 0 Å². The quantitative estimate of drug-likeness (QED) is 0.603. The van der Waals surface area contributed by atoms with Gasteiger partial charge in [-0.05, 0) is 45.1 Å². The Hall–Kier alpha value is -0.0400. The summed E-state index contributed by atoms with van der Waals surface area (Å²) >= 11 is 0. The molecule has 0 aromatic rings. The van der Waals surface area contributed by atoms with Crippen molar-refractivity contribution >= 4 is 0 Å². The summed E-state index contributed by atoms with van der Waals surface area (Å²) in [4.78, 5) is 2.60. The lowest BCUT2D eigenvalue weighted by Crippen LogP contribution is -2.35. The van der Waals surface area contributed by atoms with Crippen molar-refractivity contribution in [2.75, 3.05) is 13.1 Å². The van der Waals surface area contributed by atoms with Gasteiger partial charge in [0.15, 0.2) is 0 Å². The topological polar surface area (TPSA) is 3.24 Å². The van der Waals surface area contributed by atoms with Crippen LogP contribution in [-0.2, 0) is 0 Å². The molecule has 0 aliphatic heterocycles. The zero-order valence-corrected chi connectivity index (χ0v) is 11.0. The minimum absolute atomic E-state index is 0.699. The Balaban J connectivity index is 3.74. The maximum Gasteiger partial charge on any atom is 0.00387 e. The molecule has 0 unspecified atom stereocenters. The highest BCUT2D eigenvalue weighted by molar-refractivity contribution is 4.65. The predicted octanol–water partition coefficient (Wildman–Crippen LogP) is 3.79. The first-order valence-electron chi connectivity index (χ1n) is 6.17. The fourth-order valence-corrected chi connectivity index (χ4v) is 1.73. The molecule has 0 amide bonds. The number of hydrogen-bond donors (Lipinski definition) is 0. The lowest BCUT2D eigenvalue weighted by atomic mass is 10.1. The van der Waals surface area contributed by atoms with Gasteiger partial charge in [-0.3, -0.25) is 0 Å². The van der Waals surface area contributed by atoms with E-state index in [9.17, 15) is 0 Å². The van der Waals surface area contributed by atoms with Gasteiger partial charge in [0.25, 0.3) is 0 Å². The maximum absolute atomic E-state index is 2.60. The van der Waals surface area contributed by atoms with Gasteiger partial charge in [-0.2, -0.15) is 0 Å². The Morgan fingerprint density at radius 3 is 1.79 bits per heavy atom. The Morgan fingerprint density at radius 1 is 0.857 bits per heavy atom. The maximum atomic E-state index is 2.60. The molecule has 0 aromatic heterocycles. The molecule has 0 aliphatic rings. The highest BCUT2D eigenvalue weighted by Crippen LogP contribution is 2.09. The van der Waals surface area contributed by atoms with Gasteiger partial charge in [-0.25, -0.2) is 0 Å². The van der Waals surface area contributed by atoms with E-state index in [1.54, 1.807) is 0 Å². The molecule has 0 aromatic carbocycles. The van der Waals surface area contributed by atoms with E-state index in [0.717, 1.165) is 11.8 Å². The van der Waals surface area contributed by atoms with Crippen LogP contribution in [0.5, 0.6) is 0 Å². The van der Waals surface area contributed by atoms with E-state index < -0.39 is 0 Å². The highest BCUT2D eigenvalue weighted by Gasteiger charge is 2.10. The molecule has 86 valence electrons. The smallest absolute Gasteiger partial charge is 0.00387 e. The van der Waals surface area contributed by atoms with Crippen LogP contribution < -0.4 is 0 Å². The lowest BCUT2D eigenvalue weighted by molar-refractivity contribution is 0.191. The van der Waals surface area contributed by atoms with Crippen molar-refractivity contribution in [3.8, 4) is 0 Å². The summed E-state index contributed by atoms with van der Waals surface area (Å²) in [6.45, 7) is 16.3. The van der Waals surface area contributed by atoms with E-state index in [-0.39, 0.29) is 0 Å². The van der Waals surface area contributed by atoms with Crippen LogP contribution in [0.3, 0.4) is 0 Å². The van der Waals surface area contributed by atoms with E-state index in [1.807, 2.05) is 0 Å². The van der Waals surface area contributed by atoms with Crippen molar-refractivity contribution in [2.45, 2.75) is 60.4 Å². The minimum Gasteiger partial charge on any atom is -0.301 e. The van der Waals surface area contributed by atoms with Crippen LogP contribution >= 0.6 is 0 Å². The summed E-state index contributed by atoms with van der Waals surface area (Å²) in [6.07, 6.45) is 2.71.